The van der Waals surface area contributed by atoms with E-state index in [1.165, 1.54) is 13.2 Å². The Hall–Kier alpha value is -1.85. The molecule has 4 nitrogen and oxygen atoms in total. The molecule has 2 aliphatic rings. The van der Waals surface area contributed by atoms with Gasteiger partial charge in [-0.1, -0.05) is 12.8 Å². The van der Waals surface area contributed by atoms with Gasteiger partial charge in [0.15, 0.2) is 11.6 Å². The molecule has 1 aliphatic heterocycles. The van der Waals surface area contributed by atoms with Crippen molar-refractivity contribution in [3.05, 3.63) is 23.8 Å². The van der Waals surface area contributed by atoms with E-state index in [0.29, 0.717) is 18.7 Å². The lowest BCUT2D eigenvalue weighted by atomic mass is 9.84. The van der Waals surface area contributed by atoms with Crippen molar-refractivity contribution < 1.29 is 18.3 Å². The Balaban J connectivity index is 2.02. The number of benzene rings is 1. The van der Waals surface area contributed by atoms with Gasteiger partial charge in [0.05, 0.1) is 12.8 Å². The monoisotopic (exact) mass is 310 g/mol. The summed E-state index contributed by atoms with van der Waals surface area (Å²) in [6.45, 7) is 0.627. The number of nitrogens with two attached hydrogens (primary N) is 1. The Morgan fingerprint density at radius 2 is 2.05 bits per heavy atom. The van der Waals surface area contributed by atoms with Crippen LogP contribution >= 0.6 is 0 Å². The van der Waals surface area contributed by atoms with Gasteiger partial charge in [-0.2, -0.15) is 4.39 Å². The molecule has 1 saturated carbocycles. The van der Waals surface area contributed by atoms with E-state index >= 15 is 0 Å². The van der Waals surface area contributed by atoms with Gasteiger partial charge in [-0.25, -0.2) is 4.39 Å². The van der Waals surface area contributed by atoms with Gasteiger partial charge in [0.1, 0.15) is 6.04 Å². The molecule has 1 amide bonds. The number of amides is 1. The molecule has 0 aromatic heterocycles. The van der Waals surface area contributed by atoms with Gasteiger partial charge in [0.25, 0.3) is 0 Å². The second-order valence-electron chi connectivity index (χ2n) is 6.37. The molecular formula is C16H20F2N2O2. The maximum absolute atomic E-state index is 14.0. The zero-order valence-electron chi connectivity index (χ0n) is 12.6. The SMILES string of the molecule is COc1c(N2CC3(CCCC3)CC2C(N)=O)ccc(F)c1F. The summed E-state index contributed by atoms with van der Waals surface area (Å²) in [5.41, 5.74) is 6.00. The predicted octanol–water partition coefficient (Wildman–Crippen LogP) is 2.60. The van der Waals surface area contributed by atoms with Gasteiger partial charge in [-0.15, -0.1) is 0 Å². The lowest BCUT2D eigenvalue weighted by molar-refractivity contribution is -0.119. The van der Waals surface area contributed by atoms with Gasteiger partial charge < -0.3 is 15.4 Å². The molecule has 0 bridgehead atoms. The van der Waals surface area contributed by atoms with Crippen molar-refractivity contribution in [2.24, 2.45) is 11.1 Å². The summed E-state index contributed by atoms with van der Waals surface area (Å²) in [4.78, 5) is 13.6. The van der Waals surface area contributed by atoms with Gasteiger partial charge >= 0.3 is 0 Å². The highest BCUT2D eigenvalue weighted by atomic mass is 19.2. The largest absolute Gasteiger partial charge is 0.491 e. The van der Waals surface area contributed by atoms with Crippen LogP contribution in [0.4, 0.5) is 14.5 Å². The number of nitrogens with zero attached hydrogens (tertiary/aromatic N) is 1. The summed E-state index contributed by atoms with van der Waals surface area (Å²) in [6.07, 6.45) is 5.02. The number of carbonyl (C=O) groups excluding carboxylic acids is 1. The minimum absolute atomic E-state index is 0.0512. The van der Waals surface area contributed by atoms with Crippen LogP contribution in [0.3, 0.4) is 0 Å². The first kappa shape index (κ1) is 15.1. The van der Waals surface area contributed by atoms with E-state index in [-0.39, 0.29) is 11.2 Å². The Kier molecular flexibility index (Phi) is 3.70. The Morgan fingerprint density at radius 1 is 1.36 bits per heavy atom. The molecule has 6 heteroatoms. The average Bonchev–Trinajstić information content (AvgIpc) is 3.10. The minimum Gasteiger partial charge on any atom is -0.491 e. The minimum atomic E-state index is -1.03. The third-order valence-electron chi connectivity index (χ3n) is 5.04. The number of hydrogen-bond acceptors (Lipinski definition) is 3. The summed E-state index contributed by atoms with van der Waals surface area (Å²) < 4.78 is 32.4. The maximum Gasteiger partial charge on any atom is 0.240 e. The second kappa shape index (κ2) is 5.41. The second-order valence-corrected chi connectivity index (χ2v) is 6.37. The zero-order chi connectivity index (χ0) is 15.9. The molecule has 1 atom stereocenters. The predicted molar refractivity (Wildman–Crippen MR) is 78.8 cm³/mol. The molecule has 1 unspecified atom stereocenters. The van der Waals surface area contributed by atoms with Crippen molar-refractivity contribution in [2.45, 2.75) is 38.1 Å². The number of primary amides is 1. The zero-order valence-corrected chi connectivity index (χ0v) is 12.6. The van der Waals surface area contributed by atoms with Crippen LogP contribution < -0.4 is 15.4 Å². The van der Waals surface area contributed by atoms with Crippen LogP contribution in [0.25, 0.3) is 0 Å². The molecule has 22 heavy (non-hydrogen) atoms. The van der Waals surface area contributed by atoms with Crippen molar-refractivity contribution in [3.63, 3.8) is 0 Å². The van der Waals surface area contributed by atoms with Crippen LogP contribution in [-0.2, 0) is 4.79 Å². The fourth-order valence-corrected chi connectivity index (χ4v) is 3.99. The van der Waals surface area contributed by atoms with Crippen LogP contribution in [0.5, 0.6) is 5.75 Å². The summed E-state index contributed by atoms with van der Waals surface area (Å²) in [5.74, 6) is -2.60. The van der Waals surface area contributed by atoms with Gasteiger partial charge in [0.2, 0.25) is 11.7 Å². The van der Waals surface area contributed by atoms with E-state index in [2.05, 4.69) is 0 Å². The van der Waals surface area contributed by atoms with Crippen LogP contribution in [0.15, 0.2) is 12.1 Å². The van der Waals surface area contributed by atoms with Crippen LogP contribution in [0.2, 0.25) is 0 Å². The number of ether oxygens (including phenoxy) is 1. The van der Waals surface area contributed by atoms with Gasteiger partial charge in [0, 0.05) is 6.54 Å². The first-order chi connectivity index (χ1) is 10.5. The highest BCUT2D eigenvalue weighted by Gasteiger charge is 2.48. The van der Waals surface area contributed by atoms with Gasteiger partial charge in [-0.3, -0.25) is 4.79 Å². The van der Waals surface area contributed by atoms with E-state index in [0.717, 1.165) is 31.7 Å². The number of halogens is 2. The van der Waals surface area contributed by atoms with E-state index in [1.807, 2.05) is 0 Å². The number of hydrogen-bond donors (Lipinski definition) is 1. The fraction of sp³-hybridized carbons (Fsp3) is 0.562. The molecule has 1 spiro atoms. The Morgan fingerprint density at radius 3 is 2.64 bits per heavy atom. The normalized spacial score (nSPS) is 23.2. The number of methoxy groups -OCH3 is 1. The molecule has 2 fully saturated rings. The molecule has 120 valence electrons. The standard InChI is InChI=1S/C16H20F2N2O2/c1-22-14-11(5-4-10(17)13(14)18)20-9-16(6-2-3-7-16)8-12(20)15(19)21/h4-5,12H,2-3,6-9H2,1H3,(H2,19,21). The number of rotatable bonds is 3. The molecule has 2 N–H and O–H groups in total. The molecule has 1 saturated heterocycles. The van der Waals surface area contributed by atoms with Crippen molar-refractivity contribution in [1.82, 2.24) is 0 Å². The third kappa shape index (κ3) is 2.30. The molecule has 1 aromatic rings. The molecular weight excluding hydrogens is 290 g/mol. The molecule has 1 aliphatic carbocycles. The van der Waals surface area contributed by atoms with Crippen molar-refractivity contribution in [3.8, 4) is 5.75 Å². The van der Waals surface area contributed by atoms with Crippen molar-refractivity contribution >= 4 is 11.6 Å². The van der Waals surface area contributed by atoms with E-state index < -0.39 is 23.6 Å². The molecule has 1 aromatic carbocycles. The summed E-state index contributed by atoms with van der Waals surface area (Å²) >= 11 is 0. The Bertz CT molecular complexity index is 600. The van der Waals surface area contributed by atoms with E-state index in [1.54, 1.807) is 4.90 Å². The highest BCUT2D eigenvalue weighted by Crippen LogP contribution is 2.50. The topological polar surface area (TPSA) is 55.6 Å². The lowest BCUT2D eigenvalue weighted by Crippen LogP contribution is -2.40. The number of anilines is 1. The summed E-state index contributed by atoms with van der Waals surface area (Å²) in [5, 5.41) is 0. The van der Waals surface area contributed by atoms with Crippen molar-refractivity contribution in [2.75, 3.05) is 18.6 Å². The quantitative estimate of drug-likeness (QED) is 0.933. The third-order valence-corrected chi connectivity index (χ3v) is 5.04. The first-order valence-corrected chi connectivity index (χ1v) is 7.55. The smallest absolute Gasteiger partial charge is 0.240 e. The van der Waals surface area contributed by atoms with Gasteiger partial charge in [-0.05, 0) is 36.8 Å². The lowest BCUT2D eigenvalue weighted by Gasteiger charge is -2.27. The van der Waals surface area contributed by atoms with E-state index in [4.69, 9.17) is 10.5 Å². The van der Waals surface area contributed by atoms with E-state index in [9.17, 15) is 13.6 Å². The maximum atomic E-state index is 14.0. The van der Waals surface area contributed by atoms with Crippen LogP contribution in [0.1, 0.15) is 32.1 Å². The van der Waals surface area contributed by atoms with Crippen LogP contribution in [-0.4, -0.2) is 25.6 Å². The summed E-state index contributed by atoms with van der Waals surface area (Å²) in [7, 11) is 1.29. The molecule has 3 rings (SSSR count). The summed E-state index contributed by atoms with van der Waals surface area (Å²) in [6, 6.07) is 2.02. The van der Waals surface area contributed by atoms with Crippen LogP contribution in [0, 0.1) is 17.0 Å². The highest BCUT2D eigenvalue weighted by molar-refractivity contribution is 5.85. The average molecular weight is 310 g/mol. The molecule has 0 radical (unpaired) electrons. The molecule has 1 heterocycles. The number of carbonyl (C=O) groups is 1. The van der Waals surface area contributed by atoms with Crippen molar-refractivity contribution in [1.29, 1.82) is 0 Å². The fourth-order valence-electron chi connectivity index (χ4n) is 3.99. The Labute approximate surface area is 128 Å². The first-order valence-electron chi connectivity index (χ1n) is 7.55.